The van der Waals surface area contributed by atoms with Crippen molar-refractivity contribution in [3.63, 3.8) is 0 Å². The van der Waals surface area contributed by atoms with Crippen LogP contribution >= 0.6 is 11.8 Å². The molecule has 0 atom stereocenters. The molecule has 7 nitrogen and oxygen atoms in total. The molecule has 0 radical (unpaired) electrons. The molecule has 2 aliphatic heterocycles. The molecule has 3 aromatic carbocycles. The van der Waals surface area contributed by atoms with Gasteiger partial charge in [-0.3, -0.25) is 14.0 Å². The Kier molecular flexibility index (Phi) is 6.53. The van der Waals surface area contributed by atoms with Crippen LogP contribution in [0.25, 0.3) is 0 Å². The fraction of sp³-hybridized carbons (Fsp3) is 0.286. The van der Waals surface area contributed by atoms with Gasteiger partial charge in [0.1, 0.15) is 11.4 Å². The number of ether oxygens (including phenoxy) is 1. The maximum absolute atomic E-state index is 13.9. The number of hydrogen-bond acceptors (Lipinski definition) is 6. The van der Waals surface area contributed by atoms with Gasteiger partial charge in [-0.1, -0.05) is 42.1 Å². The molecule has 9 heteroatoms. The van der Waals surface area contributed by atoms with Crippen molar-refractivity contribution in [3.8, 4) is 5.75 Å². The number of para-hydroxylation sites is 1. The molecule has 2 heterocycles. The number of amides is 1. The molecular weight excluding hydrogens is 506 g/mol. The van der Waals surface area contributed by atoms with Gasteiger partial charge in [-0.2, -0.15) is 0 Å². The molecule has 192 valence electrons. The standard InChI is InChI=1S/C28H29N3O4S2/c1-19-12-13-25(35-4)23(16-19)29-27-31(28(2,3)18-36-27)26(32)21-9-7-10-22(17-21)37(33,34)30-15-14-20-8-5-6-11-24(20)30/h5-13,16-17H,14-15,18H2,1-4H3. The predicted molar refractivity (Wildman–Crippen MR) is 149 cm³/mol. The topological polar surface area (TPSA) is 79.3 Å². The molecular formula is C28H29N3O4S2. The van der Waals surface area contributed by atoms with Crippen molar-refractivity contribution >= 4 is 44.2 Å². The summed E-state index contributed by atoms with van der Waals surface area (Å²) < 4.78 is 34.1. The molecule has 0 saturated carbocycles. The maximum atomic E-state index is 13.9. The van der Waals surface area contributed by atoms with Crippen molar-refractivity contribution in [2.24, 2.45) is 4.99 Å². The molecule has 37 heavy (non-hydrogen) atoms. The number of sulfonamides is 1. The summed E-state index contributed by atoms with van der Waals surface area (Å²) in [6.45, 7) is 6.32. The number of aryl methyl sites for hydroxylation is 1. The normalized spacial score (nSPS) is 17.8. The van der Waals surface area contributed by atoms with Gasteiger partial charge in [0.05, 0.1) is 23.2 Å². The summed E-state index contributed by atoms with van der Waals surface area (Å²) in [5, 5.41) is 0.556. The average Bonchev–Trinajstić information content (AvgIpc) is 3.44. The Hall–Kier alpha value is -3.30. The molecule has 0 aliphatic carbocycles. The SMILES string of the molecule is COc1ccc(C)cc1N=C1SCC(C)(C)N1C(=O)c1cccc(S(=O)(=O)N2CCc3ccccc32)c1. The van der Waals surface area contributed by atoms with Gasteiger partial charge in [0.2, 0.25) is 0 Å². The largest absolute Gasteiger partial charge is 0.494 e. The zero-order valence-electron chi connectivity index (χ0n) is 21.3. The summed E-state index contributed by atoms with van der Waals surface area (Å²) in [5.74, 6) is 0.989. The van der Waals surface area contributed by atoms with Crippen molar-refractivity contribution < 1.29 is 17.9 Å². The molecule has 0 spiro atoms. The Morgan fingerprint density at radius 3 is 2.62 bits per heavy atom. The van der Waals surface area contributed by atoms with E-state index in [1.807, 2.05) is 63.2 Å². The summed E-state index contributed by atoms with van der Waals surface area (Å²) in [4.78, 5) is 20.4. The lowest BCUT2D eigenvalue weighted by atomic mass is 10.0. The van der Waals surface area contributed by atoms with Gasteiger partial charge in [-0.05, 0) is 74.7 Å². The van der Waals surface area contributed by atoms with E-state index >= 15 is 0 Å². The summed E-state index contributed by atoms with van der Waals surface area (Å²) in [6.07, 6.45) is 0.662. The molecule has 1 amide bonds. The Labute approximate surface area is 222 Å². The molecule has 0 aromatic heterocycles. The van der Waals surface area contributed by atoms with E-state index in [1.54, 1.807) is 30.2 Å². The molecule has 3 aromatic rings. The monoisotopic (exact) mass is 535 g/mol. The van der Waals surface area contributed by atoms with Crippen LogP contribution in [-0.2, 0) is 16.4 Å². The van der Waals surface area contributed by atoms with Crippen LogP contribution in [0, 0.1) is 6.92 Å². The minimum atomic E-state index is -3.83. The average molecular weight is 536 g/mol. The molecule has 2 aliphatic rings. The first-order valence-corrected chi connectivity index (χ1v) is 14.5. The van der Waals surface area contributed by atoms with E-state index in [-0.39, 0.29) is 10.8 Å². The molecule has 0 N–H and O–H groups in total. The summed E-state index contributed by atoms with van der Waals surface area (Å²) in [6, 6.07) is 19.5. The minimum Gasteiger partial charge on any atom is -0.494 e. The number of nitrogens with zero attached hydrogens (tertiary/aromatic N) is 3. The van der Waals surface area contributed by atoms with Crippen molar-refractivity contribution in [3.05, 3.63) is 83.4 Å². The third kappa shape index (κ3) is 4.62. The maximum Gasteiger partial charge on any atom is 0.264 e. The highest BCUT2D eigenvalue weighted by atomic mass is 32.2. The van der Waals surface area contributed by atoms with Crippen LogP contribution in [0.2, 0.25) is 0 Å². The fourth-order valence-electron chi connectivity index (χ4n) is 4.67. The number of carbonyl (C=O) groups is 1. The van der Waals surface area contributed by atoms with Crippen molar-refractivity contribution in [2.75, 3.05) is 23.7 Å². The summed E-state index contributed by atoms with van der Waals surface area (Å²) in [5.41, 5.74) is 3.15. The van der Waals surface area contributed by atoms with Crippen molar-refractivity contribution in [2.45, 2.75) is 37.6 Å². The third-order valence-electron chi connectivity index (χ3n) is 6.62. The molecule has 0 bridgehead atoms. The van der Waals surface area contributed by atoms with Crippen LogP contribution < -0.4 is 9.04 Å². The number of aliphatic imine (C=N–C) groups is 1. The van der Waals surface area contributed by atoms with Crippen LogP contribution in [0.5, 0.6) is 5.75 Å². The van der Waals surface area contributed by atoms with Crippen molar-refractivity contribution in [1.29, 1.82) is 0 Å². The van der Waals surface area contributed by atoms with E-state index in [4.69, 9.17) is 9.73 Å². The van der Waals surface area contributed by atoms with E-state index in [9.17, 15) is 13.2 Å². The van der Waals surface area contributed by atoms with Gasteiger partial charge in [0, 0.05) is 17.9 Å². The first-order valence-electron chi connectivity index (χ1n) is 12.0. The lowest BCUT2D eigenvalue weighted by molar-refractivity contribution is 0.0767. The minimum absolute atomic E-state index is 0.0959. The number of thioether (sulfide) groups is 1. The first kappa shape index (κ1) is 25.4. The van der Waals surface area contributed by atoms with Crippen molar-refractivity contribution in [1.82, 2.24) is 4.90 Å². The number of hydrogen-bond donors (Lipinski definition) is 0. The number of anilines is 1. The fourth-order valence-corrected chi connectivity index (χ4v) is 7.45. The quantitative estimate of drug-likeness (QED) is 0.437. The second kappa shape index (κ2) is 9.54. The van der Waals surface area contributed by atoms with Crippen LogP contribution in [0.4, 0.5) is 11.4 Å². The second-order valence-electron chi connectivity index (χ2n) is 9.80. The number of amidine groups is 1. The number of carbonyl (C=O) groups excluding carboxylic acids is 1. The van der Waals surface area contributed by atoms with Gasteiger partial charge >= 0.3 is 0 Å². The summed E-state index contributed by atoms with van der Waals surface area (Å²) in [7, 11) is -2.23. The van der Waals surface area contributed by atoms with E-state index in [0.717, 1.165) is 11.1 Å². The molecule has 1 saturated heterocycles. The zero-order valence-corrected chi connectivity index (χ0v) is 22.9. The number of methoxy groups -OCH3 is 1. The van der Waals surface area contributed by atoms with Crippen LogP contribution in [-0.4, -0.2) is 49.3 Å². The number of fused-ring (bicyclic) bond motifs is 1. The smallest absolute Gasteiger partial charge is 0.264 e. The highest BCUT2D eigenvalue weighted by Gasteiger charge is 2.42. The van der Waals surface area contributed by atoms with Crippen LogP contribution in [0.3, 0.4) is 0 Å². The first-order chi connectivity index (χ1) is 17.6. The van der Waals surface area contributed by atoms with E-state index < -0.39 is 15.6 Å². The third-order valence-corrected chi connectivity index (χ3v) is 9.81. The highest BCUT2D eigenvalue weighted by molar-refractivity contribution is 8.14. The van der Waals surface area contributed by atoms with E-state index in [0.29, 0.717) is 46.6 Å². The Bertz CT molecular complexity index is 1520. The van der Waals surface area contributed by atoms with E-state index in [2.05, 4.69) is 0 Å². The number of benzene rings is 3. The van der Waals surface area contributed by atoms with Gasteiger partial charge < -0.3 is 4.74 Å². The lowest BCUT2D eigenvalue weighted by Crippen LogP contribution is -2.46. The van der Waals surface area contributed by atoms with E-state index in [1.165, 1.54) is 22.1 Å². The highest BCUT2D eigenvalue weighted by Crippen LogP contribution is 2.38. The zero-order chi connectivity index (χ0) is 26.4. The number of rotatable bonds is 5. The van der Waals surface area contributed by atoms with Crippen LogP contribution in [0.15, 0.2) is 76.6 Å². The Balaban J connectivity index is 1.51. The van der Waals surface area contributed by atoms with Crippen LogP contribution in [0.1, 0.15) is 35.3 Å². The predicted octanol–water partition coefficient (Wildman–Crippen LogP) is 5.41. The Morgan fingerprint density at radius 2 is 1.84 bits per heavy atom. The van der Waals surface area contributed by atoms with Gasteiger partial charge in [0.15, 0.2) is 5.17 Å². The van der Waals surface area contributed by atoms with Gasteiger partial charge in [0.25, 0.3) is 15.9 Å². The van der Waals surface area contributed by atoms with Gasteiger partial charge in [-0.25, -0.2) is 13.4 Å². The Morgan fingerprint density at radius 1 is 1.05 bits per heavy atom. The second-order valence-corrected chi connectivity index (χ2v) is 12.6. The van der Waals surface area contributed by atoms with Gasteiger partial charge in [-0.15, -0.1) is 0 Å². The molecule has 0 unspecified atom stereocenters. The molecule has 5 rings (SSSR count). The summed E-state index contributed by atoms with van der Waals surface area (Å²) >= 11 is 1.50. The lowest BCUT2D eigenvalue weighted by Gasteiger charge is -2.30. The molecule has 1 fully saturated rings.